The van der Waals surface area contributed by atoms with Crippen molar-refractivity contribution in [2.45, 2.75) is 0 Å². The van der Waals surface area contributed by atoms with E-state index in [1.54, 1.807) is 31.6 Å². The number of ether oxygens (including phenoxy) is 1. The fourth-order valence-electron chi connectivity index (χ4n) is 2.69. The van der Waals surface area contributed by atoms with Crippen molar-refractivity contribution in [1.29, 1.82) is 0 Å². The molecule has 0 radical (unpaired) electrons. The third-order valence-corrected chi connectivity index (χ3v) is 4.13. The minimum absolute atomic E-state index is 0.0247. The lowest BCUT2D eigenvalue weighted by atomic mass is 10.2. The lowest BCUT2D eigenvalue weighted by molar-refractivity contribution is 0.0746. The Labute approximate surface area is 147 Å². The number of amides is 1. The molecule has 1 fully saturated rings. The Morgan fingerprint density at radius 1 is 1.12 bits per heavy atom. The van der Waals surface area contributed by atoms with Crippen molar-refractivity contribution in [3.05, 3.63) is 36.2 Å². The first-order valence-electron chi connectivity index (χ1n) is 8.13. The third-order valence-electron chi connectivity index (χ3n) is 4.13. The number of anilines is 2. The Bertz CT molecular complexity index is 743. The zero-order valence-corrected chi connectivity index (χ0v) is 14.7. The Morgan fingerprint density at radius 2 is 1.84 bits per heavy atom. The number of pyridine rings is 1. The molecule has 1 aliphatic heterocycles. The summed E-state index contributed by atoms with van der Waals surface area (Å²) in [6, 6.07) is 5.29. The van der Waals surface area contributed by atoms with Crippen molar-refractivity contribution in [2.24, 2.45) is 0 Å². The summed E-state index contributed by atoms with van der Waals surface area (Å²) in [5, 5.41) is 0. The molecule has 1 saturated heterocycles. The van der Waals surface area contributed by atoms with E-state index < -0.39 is 0 Å². The molecule has 3 heterocycles. The van der Waals surface area contributed by atoms with Gasteiger partial charge in [0, 0.05) is 64.3 Å². The van der Waals surface area contributed by atoms with Crippen LogP contribution in [0.15, 0.2) is 30.6 Å². The van der Waals surface area contributed by atoms with E-state index in [0.29, 0.717) is 43.6 Å². The smallest absolute Gasteiger partial charge is 0.254 e. The molecule has 1 aliphatic rings. The van der Waals surface area contributed by atoms with Crippen molar-refractivity contribution in [3.63, 3.8) is 0 Å². The highest BCUT2D eigenvalue weighted by Gasteiger charge is 2.24. The predicted octanol–water partition coefficient (Wildman–Crippen LogP) is 0.909. The zero-order valence-electron chi connectivity index (χ0n) is 14.7. The van der Waals surface area contributed by atoms with Crippen LogP contribution in [0.1, 0.15) is 10.4 Å². The molecule has 0 saturated carbocycles. The number of carbonyl (C=O) groups excluding carboxylic acids is 1. The van der Waals surface area contributed by atoms with Crippen molar-refractivity contribution in [1.82, 2.24) is 19.9 Å². The number of nitrogens with zero attached hydrogens (tertiary/aromatic N) is 6. The lowest BCUT2D eigenvalue weighted by Gasteiger charge is -2.34. The highest BCUT2D eigenvalue weighted by molar-refractivity contribution is 5.95. The minimum Gasteiger partial charge on any atom is -0.481 e. The Morgan fingerprint density at radius 3 is 2.52 bits per heavy atom. The van der Waals surface area contributed by atoms with Gasteiger partial charge >= 0.3 is 0 Å². The lowest BCUT2D eigenvalue weighted by Crippen LogP contribution is -2.49. The normalized spacial score (nSPS) is 14.4. The molecular formula is C17H22N6O2. The van der Waals surface area contributed by atoms with Gasteiger partial charge in [-0.3, -0.25) is 4.79 Å². The van der Waals surface area contributed by atoms with Crippen molar-refractivity contribution < 1.29 is 9.53 Å². The number of rotatable bonds is 4. The Kier molecular flexibility index (Phi) is 4.97. The zero-order chi connectivity index (χ0) is 17.8. The van der Waals surface area contributed by atoms with Gasteiger partial charge in [0.1, 0.15) is 5.82 Å². The van der Waals surface area contributed by atoms with Gasteiger partial charge in [0.2, 0.25) is 11.8 Å². The van der Waals surface area contributed by atoms with Gasteiger partial charge in [0.25, 0.3) is 5.91 Å². The summed E-state index contributed by atoms with van der Waals surface area (Å²) in [5.74, 6) is 1.97. The van der Waals surface area contributed by atoms with Crippen LogP contribution in [0, 0.1) is 0 Å². The number of piperazine rings is 1. The molecule has 25 heavy (non-hydrogen) atoms. The van der Waals surface area contributed by atoms with Crippen molar-refractivity contribution in [3.8, 4) is 5.88 Å². The fraction of sp³-hybridized carbons (Fsp3) is 0.412. The highest BCUT2D eigenvalue weighted by Crippen LogP contribution is 2.17. The average molecular weight is 342 g/mol. The molecule has 0 aromatic carbocycles. The quantitative estimate of drug-likeness (QED) is 0.817. The van der Waals surface area contributed by atoms with Gasteiger partial charge in [-0.15, -0.1) is 0 Å². The van der Waals surface area contributed by atoms with E-state index in [-0.39, 0.29) is 5.91 Å². The van der Waals surface area contributed by atoms with Gasteiger partial charge in [0.05, 0.1) is 7.11 Å². The number of hydrogen-bond acceptors (Lipinski definition) is 7. The van der Waals surface area contributed by atoms with Crippen LogP contribution in [0.5, 0.6) is 5.88 Å². The third kappa shape index (κ3) is 3.78. The minimum atomic E-state index is 0.0247. The summed E-state index contributed by atoms with van der Waals surface area (Å²) < 4.78 is 5.14. The molecule has 132 valence electrons. The molecule has 0 atom stereocenters. The summed E-state index contributed by atoms with van der Waals surface area (Å²) in [7, 11) is 5.40. The van der Waals surface area contributed by atoms with Crippen molar-refractivity contribution in [2.75, 3.05) is 57.2 Å². The average Bonchev–Trinajstić information content (AvgIpc) is 2.67. The van der Waals surface area contributed by atoms with Crippen LogP contribution in [-0.4, -0.2) is 73.1 Å². The standard InChI is InChI=1S/C17H22N6O2/c1-21(2)14-12-13(4-6-18-14)16(24)22-8-10-23(11-9-22)17-19-7-5-15(20-17)25-3/h4-7,12H,8-11H2,1-3H3. The van der Waals surface area contributed by atoms with Crippen LogP contribution in [-0.2, 0) is 0 Å². The van der Waals surface area contributed by atoms with Crippen LogP contribution in [0.2, 0.25) is 0 Å². The first-order chi connectivity index (χ1) is 12.1. The van der Waals surface area contributed by atoms with Crippen LogP contribution in [0.25, 0.3) is 0 Å². The second kappa shape index (κ2) is 7.33. The van der Waals surface area contributed by atoms with Gasteiger partial charge in [-0.05, 0) is 12.1 Å². The van der Waals surface area contributed by atoms with E-state index in [9.17, 15) is 4.79 Å². The van der Waals surface area contributed by atoms with E-state index in [4.69, 9.17) is 4.74 Å². The molecule has 1 amide bonds. The maximum atomic E-state index is 12.7. The maximum absolute atomic E-state index is 12.7. The van der Waals surface area contributed by atoms with Gasteiger partial charge in [-0.25, -0.2) is 9.97 Å². The van der Waals surface area contributed by atoms with Gasteiger partial charge in [-0.2, -0.15) is 4.98 Å². The molecule has 0 unspecified atom stereocenters. The number of aromatic nitrogens is 3. The second-order valence-electron chi connectivity index (χ2n) is 5.98. The predicted molar refractivity (Wildman–Crippen MR) is 95.3 cm³/mol. The van der Waals surface area contributed by atoms with Gasteiger partial charge < -0.3 is 19.4 Å². The van der Waals surface area contributed by atoms with Crippen LogP contribution in [0.3, 0.4) is 0 Å². The van der Waals surface area contributed by atoms with E-state index in [1.165, 1.54) is 0 Å². The molecule has 0 spiro atoms. The van der Waals surface area contributed by atoms with Crippen LogP contribution < -0.4 is 14.5 Å². The molecule has 0 aliphatic carbocycles. The molecule has 2 aromatic rings. The summed E-state index contributed by atoms with van der Waals surface area (Å²) >= 11 is 0. The largest absolute Gasteiger partial charge is 0.481 e. The Balaban J connectivity index is 1.65. The topological polar surface area (TPSA) is 74.7 Å². The maximum Gasteiger partial charge on any atom is 0.254 e. The van der Waals surface area contributed by atoms with E-state index in [2.05, 4.69) is 19.9 Å². The van der Waals surface area contributed by atoms with Crippen LogP contribution >= 0.6 is 0 Å². The molecule has 8 heteroatoms. The highest BCUT2D eigenvalue weighted by atomic mass is 16.5. The fourth-order valence-corrected chi connectivity index (χ4v) is 2.69. The number of carbonyl (C=O) groups is 1. The number of methoxy groups -OCH3 is 1. The summed E-state index contributed by atoms with van der Waals surface area (Å²) in [6.07, 6.45) is 3.35. The first kappa shape index (κ1) is 16.9. The van der Waals surface area contributed by atoms with Gasteiger partial charge in [-0.1, -0.05) is 0 Å². The Hall–Kier alpha value is -2.90. The van der Waals surface area contributed by atoms with E-state index in [0.717, 1.165) is 5.82 Å². The van der Waals surface area contributed by atoms with Crippen molar-refractivity contribution >= 4 is 17.7 Å². The molecule has 0 bridgehead atoms. The monoisotopic (exact) mass is 342 g/mol. The molecule has 0 N–H and O–H groups in total. The van der Waals surface area contributed by atoms with Gasteiger partial charge in [0.15, 0.2) is 0 Å². The summed E-state index contributed by atoms with van der Waals surface area (Å²) in [4.78, 5) is 31.4. The van der Waals surface area contributed by atoms with E-state index in [1.807, 2.05) is 30.0 Å². The first-order valence-corrected chi connectivity index (χ1v) is 8.13. The molecule has 3 rings (SSSR count). The SMILES string of the molecule is COc1ccnc(N2CCN(C(=O)c3ccnc(N(C)C)c3)CC2)n1. The number of hydrogen-bond donors (Lipinski definition) is 0. The molecule has 8 nitrogen and oxygen atoms in total. The molecule has 2 aromatic heterocycles. The summed E-state index contributed by atoms with van der Waals surface area (Å²) in [5.41, 5.74) is 0.657. The molecular weight excluding hydrogens is 320 g/mol. The van der Waals surface area contributed by atoms with E-state index >= 15 is 0 Å². The second-order valence-corrected chi connectivity index (χ2v) is 5.98. The summed E-state index contributed by atoms with van der Waals surface area (Å²) in [6.45, 7) is 2.62. The van der Waals surface area contributed by atoms with Crippen LogP contribution in [0.4, 0.5) is 11.8 Å².